The van der Waals surface area contributed by atoms with Crippen LogP contribution in [0.4, 0.5) is 11.4 Å². The molecule has 1 amide bonds. The molecule has 0 spiro atoms. The maximum Gasteiger partial charge on any atom is 0.262 e. The minimum Gasteiger partial charge on any atom is -0.326 e. The number of hydrogen-bond acceptors (Lipinski definition) is 4. The number of amides is 1. The number of aryl methyl sites for hydroxylation is 1. The molecule has 3 N–H and O–H groups in total. The third-order valence-corrected chi connectivity index (χ3v) is 6.13. The van der Waals surface area contributed by atoms with E-state index in [4.69, 9.17) is 11.6 Å². The van der Waals surface area contributed by atoms with E-state index in [0.29, 0.717) is 28.5 Å². The van der Waals surface area contributed by atoms with Gasteiger partial charge in [-0.1, -0.05) is 29.8 Å². The molecule has 0 aromatic heterocycles. The molecule has 0 aliphatic carbocycles. The highest BCUT2D eigenvalue weighted by Gasteiger charge is 2.23. The van der Waals surface area contributed by atoms with Crippen LogP contribution in [0.15, 0.2) is 47.4 Å². The molecule has 6 nitrogen and oxygen atoms in total. The van der Waals surface area contributed by atoms with E-state index in [1.54, 1.807) is 43.3 Å². The quantitative estimate of drug-likeness (QED) is 0.679. The molecule has 146 valence electrons. The fourth-order valence-corrected chi connectivity index (χ4v) is 4.42. The van der Waals surface area contributed by atoms with Crippen molar-refractivity contribution in [1.82, 2.24) is 5.32 Å². The molecule has 2 aromatic carbocycles. The number of para-hydroxylation sites is 1. The summed E-state index contributed by atoms with van der Waals surface area (Å²) in [6.45, 7) is 3.15. The van der Waals surface area contributed by atoms with E-state index in [2.05, 4.69) is 15.4 Å². The van der Waals surface area contributed by atoms with E-state index in [-0.39, 0.29) is 29.1 Å². The molecule has 1 aliphatic rings. The van der Waals surface area contributed by atoms with Crippen LogP contribution in [0.3, 0.4) is 0 Å². The Morgan fingerprint density at radius 2 is 1.96 bits per heavy atom. The summed E-state index contributed by atoms with van der Waals surface area (Å²) >= 11 is 6.04. The Labute approximate surface area is 170 Å². The lowest BCUT2D eigenvalue weighted by atomic mass is 10.1. The predicted octanol–water partition coefficient (Wildman–Crippen LogP) is 3.42. The van der Waals surface area contributed by atoms with E-state index >= 15 is 0 Å². The fourth-order valence-electron chi connectivity index (χ4n) is 2.83. The summed E-state index contributed by atoms with van der Waals surface area (Å²) in [6, 6.07) is 11.5. The van der Waals surface area contributed by atoms with Crippen molar-refractivity contribution in [1.29, 1.82) is 0 Å². The molecular weight excluding hydrogens is 409 g/mol. The molecule has 1 saturated heterocycles. The van der Waals surface area contributed by atoms with Gasteiger partial charge in [0.05, 0.1) is 21.5 Å². The highest BCUT2D eigenvalue weighted by Crippen LogP contribution is 2.27. The lowest BCUT2D eigenvalue weighted by Gasteiger charge is -2.14. The number of halogens is 2. The first-order valence-electron chi connectivity index (χ1n) is 8.26. The Morgan fingerprint density at radius 1 is 1.22 bits per heavy atom. The Morgan fingerprint density at radius 3 is 2.63 bits per heavy atom. The van der Waals surface area contributed by atoms with Crippen molar-refractivity contribution in [3.63, 3.8) is 0 Å². The van der Waals surface area contributed by atoms with Gasteiger partial charge in [-0.05, 0) is 49.7 Å². The number of benzene rings is 2. The van der Waals surface area contributed by atoms with Crippen molar-refractivity contribution in [3.8, 4) is 0 Å². The summed E-state index contributed by atoms with van der Waals surface area (Å²) in [4.78, 5) is 12.4. The third kappa shape index (κ3) is 5.13. The van der Waals surface area contributed by atoms with Gasteiger partial charge in [0.2, 0.25) is 5.91 Å². The zero-order valence-corrected chi connectivity index (χ0v) is 17.0. The number of anilines is 2. The molecule has 1 aliphatic heterocycles. The minimum atomic E-state index is -3.84. The van der Waals surface area contributed by atoms with Gasteiger partial charge < -0.3 is 10.6 Å². The molecule has 1 fully saturated rings. The first kappa shape index (κ1) is 21.5. The number of rotatable bonds is 5. The first-order chi connectivity index (χ1) is 12.4. The van der Waals surface area contributed by atoms with Gasteiger partial charge >= 0.3 is 0 Å². The van der Waals surface area contributed by atoms with Crippen LogP contribution in [-0.4, -0.2) is 27.4 Å². The van der Waals surface area contributed by atoms with Gasteiger partial charge in [0.25, 0.3) is 10.0 Å². The summed E-state index contributed by atoms with van der Waals surface area (Å²) in [5.41, 5.74) is 1.33. The second-order valence-corrected chi connectivity index (χ2v) is 8.30. The summed E-state index contributed by atoms with van der Waals surface area (Å²) in [5.74, 6) is -0.209. The maximum atomic E-state index is 12.8. The first-order valence-corrected chi connectivity index (χ1v) is 10.1. The smallest absolute Gasteiger partial charge is 0.262 e. The molecule has 1 heterocycles. The van der Waals surface area contributed by atoms with E-state index in [1.165, 1.54) is 6.07 Å². The maximum absolute atomic E-state index is 12.8. The summed E-state index contributed by atoms with van der Waals surface area (Å²) in [7, 11) is -3.84. The fraction of sp³-hybridized carbons (Fsp3) is 0.278. The standard InChI is InChI=1S/C18H20ClN3O3S.ClH/c1-12-6-7-14(21-18(23)13-8-9-20-11-13)10-17(12)26(24,25)22-16-5-3-2-4-15(16)19;/h2-7,10,13,20,22H,8-9,11H2,1H3,(H,21,23);1H. The zero-order valence-electron chi connectivity index (χ0n) is 14.7. The molecule has 27 heavy (non-hydrogen) atoms. The van der Waals surface area contributed by atoms with Gasteiger partial charge in [-0.15, -0.1) is 12.4 Å². The van der Waals surface area contributed by atoms with Gasteiger partial charge in [-0.25, -0.2) is 8.42 Å². The van der Waals surface area contributed by atoms with Gasteiger partial charge in [-0.3, -0.25) is 9.52 Å². The van der Waals surface area contributed by atoms with Crippen LogP contribution in [0.5, 0.6) is 0 Å². The number of carbonyl (C=O) groups excluding carboxylic acids is 1. The minimum absolute atomic E-state index is 0. The van der Waals surface area contributed by atoms with Gasteiger partial charge in [0.15, 0.2) is 0 Å². The summed E-state index contributed by atoms with van der Waals surface area (Å²) in [6.07, 6.45) is 0.775. The van der Waals surface area contributed by atoms with E-state index in [1.807, 2.05) is 0 Å². The van der Waals surface area contributed by atoms with Crippen LogP contribution in [0.1, 0.15) is 12.0 Å². The third-order valence-electron chi connectivity index (χ3n) is 4.29. The van der Waals surface area contributed by atoms with E-state index in [9.17, 15) is 13.2 Å². The Kier molecular flexibility index (Phi) is 7.11. The van der Waals surface area contributed by atoms with Crippen molar-refractivity contribution < 1.29 is 13.2 Å². The van der Waals surface area contributed by atoms with Crippen LogP contribution in [0, 0.1) is 12.8 Å². The topological polar surface area (TPSA) is 87.3 Å². The summed E-state index contributed by atoms with van der Waals surface area (Å²) in [5, 5.41) is 6.25. The number of nitrogens with one attached hydrogen (secondary N) is 3. The molecule has 0 saturated carbocycles. The Balaban J connectivity index is 0.00000261. The highest BCUT2D eigenvalue weighted by molar-refractivity contribution is 7.92. The average Bonchev–Trinajstić information content (AvgIpc) is 3.13. The normalized spacial score (nSPS) is 16.4. The Hall–Kier alpha value is -1.80. The van der Waals surface area contributed by atoms with E-state index < -0.39 is 10.0 Å². The second kappa shape index (κ2) is 8.93. The van der Waals surface area contributed by atoms with Gasteiger partial charge in [0, 0.05) is 12.2 Å². The second-order valence-electron chi connectivity index (χ2n) is 6.24. The van der Waals surface area contributed by atoms with Crippen molar-refractivity contribution >= 4 is 51.3 Å². The largest absolute Gasteiger partial charge is 0.326 e. The number of sulfonamides is 1. The van der Waals surface area contributed by atoms with Crippen LogP contribution >= 0.6 is 24.0 Å². The SMILES string of the molecule is Cc1ccc(NC(=O)C2CCNC2)cc1S(=O)(=O)Nc1ccccc1Cl.Cl. The highest BCUT2D eigenvalue weighted by atomic mass is 35.5. The van der Waals surface area contributed by atoms with Crippen molar-refractivity contribution in [2.75, 3.05) is 23.1 Å². The lowest BCUT2D eigenvalue weighted by molar-refractivity contribution is -0.119. The van der Waals surface area contributed by atoms with Crippen LogP contribution < -0.4 is 15.4 Å². The van der Waals surface area contributed by atoms with Crippen LogP contribution in [0.2, 0.25) is 5.02 Å². The Bertz CT molecular complexity index is 929. The molecule has 0 bridgehead atoms. The molecule has 9 heteroatoms. The number of carbonyl (C=O) groups is 1. The molecule has 0 radical (unpaired) electrons. The van der Waals surface area contributed by atoms with Crippen LogP contribution in [-0.2, 0) is 14.8 Å². The molecule has 1 atom stereocenters. The average molecular weight is 430 g/mol. The predicted molar refractivity (Wildman–Crippen MR) is 110 cm³/mol. The summed E-state index contributed by atoms with van der Waals surface area (Å²) < 4.78 is 28.0. The van der Waals surface area contributed by atoms with Crippen LogP contribution in [0.25, 0.3) is 0 Å². The lowest BCUT2D eigenvalue weighted by Crippen LogP contribution is -2.25. The van der Waals surface area contributed by atoms with Crippen molar-refractivity contribution in [2.45, 2.75) is 18.2 Å². The monoisotopic (exact) mass is 429 g/mol. The molecular formula is C18H21Cl2N3O3S. The van der Waals surface area contributed by atoms with Crippen molar-refractivity contribution in [3.05, 3.63) is 53.1 Å². The van der Waals surface area contributed by atoms with Crippen molar-refractivity contribution in [2.24, 2.45) is 5.92 Å². The van der Waals surface area contributed by atoms with Gasteiger partial charge in [-0.2, -0.15) is 0 Å². The molecule has 1 unspecified atom stereocenters. The van der Waals surface area contributed by atoms with E-state index in [0.717, 1.165) is 13.0 Å². The number of hydrogen-bond donors (Lipinski definition) is 3. The molecule has 3 rings (SSSR count). The zero-order chi connectivity index (χ0) is 18.7. The van der Waals surface area contributed by atoms with Gasteiger partial charge in [0.1, 0.15) is 0 Å². The molecule has 2 aromatic rings.